The number of imidazole rings is 1. The molecule has 30 heavy (non-hydrogen) atoms. The van der Waals surface area contributed by atoms with Gasteiger partial charge in [0.05, 0.1) is 15.9 Å². The van der Waals surface area contributed by atoms with Gasteiger partial charge in [0.1, 0.15) is 0 Å². The Morgan fingerprint density at radius 1 is 1.03 bits per heavy atom. The summed E-state index contributed by atoms with van der Waals surface area (Å²) in [4.78, 5) is 4.02. The summed E-state index contributed by atoms with van der Waals surface area (Å²) in [6.07, 6.45) is -3.56. The molecule has 1 aliphatic rings. The summed E-state index contributed by atoms with van der Waals surface area (Å²) in [5.41, 5.74) is 1.73. The number of aromatic nitrogens is 2. The lowest BCUT2D eigenvalue weighted by molar-refractivity contribution is -0.147. The summed E-state index contributed by atoms with van der Waals surface area (Å²) < 4.78 is 68.8. The Bertz CT molecular complexity index is 1150. The lowest BCUT2D eigenvalue weighted by Gasteiger charge is -2.31. The minimum absolute atomic E-state index is 0.0619. The van der Waals surface area contributed by atoms with E-state index in [1.54, 1.807) is 48.5 Å². The van der Waals surface area contributed by atoms with E-state index in [4.69, 9.17) is 0 Å². The molecule has 160 valence electrons. The highest BCUT2D eigenvalue weighted by atomic mass is 32.2. The lowest BCUT2D eigenvalue weighted by Crippen LogP contribution is -2.39. The van der Waals surface area contributed by atoms with E-state index in [2.05, 4.69) is 4.98 Å². The maximum atomic E-state index is 13.5. The van der Waals surface area contributed by atoms with Crippen molar-refractivity contribution in [2.24, 2.45) is 5.92 Å². The molecule has 1 fully saturated rings. The Hall–Kier alpha value is -2.39. The van der Waals surface area contributed by atoms with Gasteiger partial charge in [-0.1, -0.05) is 29.8 Å². The molecule has 2 heterocycles. The zero-order valence-corrected chi connectivity index (χ0v) is 17.2. The number of piperidine rings is 1. The summed E-state index contributed by atoms with van der Waals surface area (Å²) in [7, 11) is -3.60. The second-order valence-corrected chi connectivity index (χ2v) is 9.63. The van der Waals surface area contributed by atoms with Gasteiger partial charge in [0.2, 0.25) is 15.8 Å². The van der Waals surface area contributed by atoms with Gasteiger partial charge < -0.3 is 4.57 Å². The molecule has 0 aliphatic carbocycles. The number of rotatable bonds is 4. The molecule has 1 aliphatic heterocycles. The molecule has 0 radical (unpaired) electrons. The maximum absolute atomic E-state index is 13.5. The molecule has 0 unspecified atom stereocenters. The van der Waals surface area contributed by atoms with E-state index in [0.717, 1.165) is 5.56 Å². The van der Waals surface area contributed by atoms with Crippen molar-refractivity contribution in [2.45, 2.75) is 37.4 Å². The molecule has 0 spiro atoms. The number of aryl methyl sites for hydroxylation is 1. The normalized spacial score (nSPS) is 16.9. The van der Waals surface area contributed by atoms with Gasteiger partial charge in [0.25, 0.3) is 0 Å². The lowest BCUT2D eigenvalue weighted by atomic mass is 9.98. The number of sulfonamides is 1. The van der Waals surface area contributed by atoms with E-state index in [-0.39, 0.29) is 30.4 Å². The molecular weight excluding hydrogens is 415 g/mol. The molecule has 0 atom stereocenters. The highest BCUT2D eigenvalue weighted by Crippen LogP contribution is 2.33. The number of fused-ring (bicyclic) bond motifs is 1. The van der Waals surface area contributed by atoms with Gasteiger partial charge in [-0.2, -0.15) is 17.5 Å². The second-order valence-electron chi connectivity index (χ2n) is 7.69. The number of hydrogen-bond donors (Lipinski definition) is 0. The van der Waals surface area contributed by atoms with E-state index in [9.17, 15) is 21.6 Å². The maximum Gasteiger partial charge on any atom is 0.449 e. The molecule has 1 saturated heterocycles. The minimum atomic E-state index is -4.55. The highest BCUT2D eigenvalue weighted by Gasteiger charge is 2.38. The number of hydrogen-bond acceptors (Lipinski definition) is 3. The molecule has 0 bridgehead atoms. The first-order valence-corrected chi connectivity index (χ1v) is 11.2. The summed E-state index contributed by atoms with van der Waals surface area (Å²) in [5.74, 6) is -0.966. The number of alkyl halides is 3. The van der Waals surface area contributed by atoms with Crippen LogP contribution >= 0.6 is 0 Å². The van der Waals surface area contributed by atoms with Crippen molar-refractivity contribution < 1.29 is 21.6 Å². The average Bonchev–Trinajstić information content (AvgIpc) is 3.08. The van der Waals surface area contributed by atoms with Crippen molar-refractivity contribution in [2.75, 3.05) is 13.1 Å². The molecule has 3 aromatic rings. The largest absolute Gasteiger partial charge is 0.449 e. The predicted octanol–water partition coefficient (Wildman–Crippen LogP) is 4.46. The zero-order chi connectivity index (χ0) is 21.5. The van der Waals surface area contributed by atoms with Crippen LogP contribution in [0.5, 0.6) is 0 Å². The molecule has 0 saturated carbocycles. The molecule has 9 heteroatoms. The Morgan fingerprint density at radius 3 is 2.30 bits per heavy atom. The van der Waals surface area contributed by atoms with Crippen molar-refractivity contribution >= 4 is 21.1 Å². The Kier molecular flexibility index (Phi) is 5.36. The molecule has 0 N–H and O–H groups in total. The fourth-order valence-corrected chi connectivity index (χ4v) is 5.40. The van der Waals surface area contributed by atoms with E-state index in [1.807, 2.05) is 6.92 Å². The summed E-state index contributed by atoms with van der Waals surface area (Å²) in [6.45, 7) is 2.62. The molecular formula is C21H22F3N3O2S. The number of halogens is 3. The Morgan fingerprint density at radius 2 is 1.67 bits per heavy atom. The SMILES string of the molecule is Cc1ccc(S(=O)(=O)N2CCC(Cn3c(C(F)(F)F)nc4ccccc43)CC2)cc1. The van der Waals surface area contributed by atoms with Gasteiger partial charge in [-0.05, 0) is 49.9 Å². The van der Waals surface area contributed by atoms with Gasteiger partial charge in [-0.25, -0.2) is 13.4 Å². The molecule has 0 amide bonds. The Balaban J connectivity index is 1.51. The van der Waals surface area contributed by atoms with Crippen molar-refractivity contribution in [3.05, 3.63) is 59.9 Å². The molecule has 4 rings (SSSR count). The smallest absolute Gasteiger partial charge is 0.320 e. The van der Waals surface area contributed by atoms with Gasteiger partial charge >= 0.3 is 6.18 Å². The van der Waals surface area contributed by atoms with Crippen LogP contribution in [0.2, 0.25) is 0 Å². The first-order chi connectivity index (χ1) is 14.2. The van der Waals surface area contributed by atoms with E-state index in [1.165, 1.54) is 8.87 Å². The van der Waals surface area contributed by atoms with E-state index >= 15 is 0 Å². The van der Waals surface area contributed by atoms with E-state index < -0.39 is 22.0 Å². The summed E-state index contributed by atoms with van der Waals surface area (Å²) in [5, 5.41) is 0. The predicted molar refractivity (Wildman–Crippen MR) is 107 cm³/mol. The van der Waals surface area contributed by atoms with Gasteiger partial charge in [0.15, 0.2) is 0 Å². The molecule has 1 aromatic heterocycles. The summed E-state index contributed by atoms with van der Waals surface area (Å²) >= 11 is 0. The number of para-hydroxylation sites is 2. The van der Waals surface area contributed by atoms with Crippen LogP contribution in [-0.2, 0) is 22.7 Å². The third-order valence-corrected chi connectivity index (χ3v) is 7.49. The second kappa shape index (κ2) is 7.70. The minimum Gasteiger partial charge on any atom is -0.320 e. The average molecular weight is 437 g/mol. The fraction of sp³-hybridized carbons (Fsp3) is 0.381. The van der Waals surface area contributed by atoms with Crippen LogP contribution in [0.1, 0.15) is 24.2 Å². The number of nitrogens with zero attached hydrogens (tertiary/aromatic N) is 3. The zero-order valence-electron chi connectivity index (χ0n) is 16.4. The van der Waals surface area contributed by atoms with Crippen LogP contribution in [0.25, 0.3) is 11.0 Å². The topological polar surface area (TPSA) is 55.2 Å². The van der Waals surface area contributed by atoms with Crippen LogP contribution in [0.3, 0.4) is 0 Å². The van der Waals surface area contributed by atoms with Crippen molar-refractivity contribution in [1.29, 1.82) is 0 Å². The standard InChI is InChI=1S/C21H22F3N3O2S/c1-15-6-8-17(9-7-15)30(28,29)26-12-10-16(11-13-26)14-27-19-5-3-2-4-18(19)25-20(27)21(22,23)24/h2-9,16H,10-14H2,1H3. The van der Waals surface area contributed by atoms with Crippen LogP contribution < -0.4 is 0 Å². The van der Waals surface area contributed by atoms with Crippen molar-refractivity contribution in [3.63, 3.8) is 0 Å². The molecule has 2 aromatic carbocycles. The van der Waals surface area contributed by atoms with Gasteiger partial charge in [-0.15, -0.1) is 0 Å². The fourth-order valence-electron chi connectivity index (χ4n) is 3.93. The van der Waals surface area contributed by atoms with Crippen LogP contribution in [0.4, 0.5) is 13.2 Å². The first kappa shape index (κ1) is 20.9. The summed E-state index contributed by atoms with van der Waals surface area (Å²) in [6, 6.07) is 13.2. The van der Waals surface area contributed by atoms with Crippen LogP contribution in [0, 0.1) is 12.8 Å². The first-order valence-electron chi connectivity index (χ1n) is 9.75. The van der Waals surface area contributed by atoms with Crippen molar-refractivity contribution in [3.8, 4) is 0 Å². The van der Waals surface area contributed by atoms with E-state index in [0.29, 0.717) is 23.9 Å². The molecule has 5 nitrogen and oxygen atoms in total. The highest BCUT2D eigenvalue weighted by molar-refractivity contribution is 7.89. The third kappa shape index (κ3) is 3.96. The van der Waals surface area contributed by atoms with Crippen LogP contribution in [0.15, 0.2) is 53.4 Å². The van der Waals surface area contributed by atoms with Gasteiger partial charge in [-0.3, -0.25) is 0 Å². The Labute approximate surface area is 173 Å². The van der Waals surface area contributed by atoms with Gasteiger partial charge in [0, 0.05) is 19.6 Å². The third-order valence-electron chi connectivity index (χ3n) is 5.58. The quantitative estimate of drug-likeness (QED) is 0.605. The van der Waals surface area contributed by atoms with Crippen LogP contribution in [-0.4, -0.2) is 35.4 Å². The van der Waals surface area contributed by atoms with Crippen molar-refractivity contribution in [1.82, 2.24) is 13.9 Å². The number of benzene rings is 2. The monoisotopic (exact) mass is 437 g/mol.